The summed E-state index contributed by atoms with van der Waals surface area (Å²) in [5.74, 6) is -5.42. The lowest BCUT2D eigenvalue weighted by atomic mass is 9.92. The molecule has 0 bridgehead atoms. The highest BCUT2D eigenvalue weighted by molar-refractivity contribution is 5.32. The van der Waals surface area contributed by atoms with Crippen molar-refractivity contribution in [2.45, 2.75) is 71.6 Å². The highest BCUT2D eigenvalue weighted by atomic mass is 19.2. The average molecular weight is 304 g/mol. The number of halogens is 4. The van der Waals surface area contributed by atoms with Crippen LogP contribution in [0.3, 0.4) is 0 Å². The summed E-state index contributed by atoms with van der Waals surface area (Å²) in [4.78, 5) is 0. The summed E-state index contributed by atoms with van der Waals surface area (Å²) >= 11 is 0. The van der Waals surface area contributed by atoms with Crippen molar-refractivity contribution in [1.29, 1.82) is 0 Å². The Kier molecular flexibility index (Phi) is 7.20. The summed E-state index contributed by atoms with van der Waals surface area (Å²) in [6.45, 7) is 5.47. The Hall–Kier alpha value is -1.06. The molecule has 0 spiro atoms. The van der Waals surface area contributed by atoms with Crippen molar-refractivity contribution < 1.29 is 17.6 Å². The van der Waals surface area contributed by atoms with Crippen LogP contribution >= 0.6 is 0 Å². The molecule has 1 atom stereocenters. The van der Waals surface area contributed by atoms with E-state index in [0.717, 1.165) is 19.3 Å². The number of hydrogen-bond donors (Lipinski definition) is 0. The Morgan fingerprint density at radius 3 is 1.81 bits per heavy atom. The summed E-state index contributed by atoms with van der Waals surface area (Å²) in [7, 11) is 0. The number of hydrogen-bond acceptors (Lipinski definition) is 0. The molecule has 0 aliphatic rings. The largest absolute Gasteiger partial charge is 0.203 e. The van der Waals surface area contributed by atoms with E-state index in [1.54, 1.807) is 6.92 Å². The molecule has 1 rings (SSSR count). The van der Waals surface area contributed by atoms with Gasteiger partial charge in [-0.1, -0.05) is 46.5 Å². The van der Waals surface area contributed by atoms with E-state index in [1.807, 2.05) is 13.8 Å². The van der Waals surface area contributed by atoms with E-state index in [2.05, 4.69) is 0 Å². The molecule has 0 nitrogen and oxygen atoms in total. The van der Waals surface area contributed by atoms with Gasteiger partial charge < -0.3 is 0 Å². The van der Waals surface area contributed by atoms with Crippen LogP contribution in [0.2, 0.25) is 0 Å². The zero-order valence-corrected chi connectivity index (χ0v) is 13.0. The molecule has 1 aromatic rings. The lowest BCUT2D eigenvalue weighted by Crippen LogP contribution is -2.11. The van der Waals surface area contributed by atoms with Crippen molar-refractivity contribution in [2.24, 2.45) is 0 Å². The zero-order valence-electron chi connectivity index (χ0n) is 13.0. The Labute approximate surface area is 124 Å². The number of benzene rings is 1. The van der Waals surface area contributed by atoms with Gasteiger partial charge in [0.15, 0.2) is 23.3 Å². The Bertz CT molecular complexity index is 439. The van der Waals surface area contributed by atoms with Crippen LogP contribution in [0.25, 0.3) is 0 Å². The summed E-state index contributed by atoms with van der Waals surface area (Å²) < 4.78 is 56.2. The second-order valence-corrected chi connectivity index (χ2v) is 5.65. The van der Waals surface area contributed by atoms with Crippen molar-refractivity contribution in [3.8, 4) is 0 Å². The first-order valence-electron chi connectivity index (χ1n) is 7.80. The maximum atomic E-state index is 14.1. The molecule has 0 fully saturated rings. The van der Waals surface area contributed by atoms with E-state index in [0.29, 0.717) is 19.3 Å². The van der Waals surface area contributed by atoms with Crippen LogP contribution in [0.4, 0.5) is 17.6 Å². The molecule has 0 aromatic heterocycles. The summed E-state index contributed by atoms with van der Waals surface area (Å²) in [6, 6.07) is 0. The molecule has 120 valence electrons. The lowest BCUT2D eigenvalue weighted by Gasteiger charge is -2.16. The lowest BCUT2D eigenvalue weighted by molar-refractivity contribution is 0.411. The third-order valence-corrected chi connectivity index (χ3v) is 3.88. The van der Waals surface area contributed by atoms with Gasteiger partial charge in [0, 0.05) is 11.1 Å². The van der Waals surface area contributed by atoms with E-state index in [4.69, 9.17) is 0 Å². The van der Waals surface area contributed by atoms with Crippen LogP contribution in [0, 0.1) is 23.3 Å². The summed E-state index contributed by atoms with van der Waals surface area (Å²) in [5, 5.41) is 0. The summed E-state index contributed by atoms with van der Waals surface area (Å²) in [6.07, 6.45) is 4.48. The van der Waals surface area contributed by atoms with Gasteiger partial charge in [-0.2, -0.15) is 0 Å². The molecule has 0 amide bonds. The molecule has 1 unspecified atom stereocenters. The van der Waals surface area contributed by atoms with Crippen LogP contribution in [0.5, 0.6) is 0 Å². The van der Waals surface area contributed by atoms with Crippen LogP contribution in [-0.4, -0.2) is 0 Å². The third kappa shape index (κ3) is 4.21. The monoisotopic (exact) mass is 304 g/mol. The second kappa shape index (κ2) is 8.40. The highest BCUT2D eigenvalue weighted by Crippen LogP contribution is 2.32. The smallest absolute Gasteiger partial charge is 0.165 e. The SMILES string of the molecule is CCCCCCc1c(F)c(F)c(C(C)CCC)c(F)c1F. The van der Waals surface area contributed by atoms with Crippen molar-refractivity contribution in [3.63, 3.8) is 0 Å². The van der Waals surface area contributed by atoms with Gasteiger partial charge in [-0.3, -0.25) is 0 Å². The quantitative estimate of drug-likeness (QED) is 0.302. The van der Waals surface area contributed by atoms with E-state index in [9.17, 15) is 17.6 Å². The van der Waals surface area contributed by atoms with Crippen molar-refractivity contribution in [2.75, 3.05) is 0 Å². The molecular formula is C17H24F4. The second-order valence-electron chi connectivity index (χ2n) is 5.65. The van der Waals surface area contributed by atoms with Gasteiger partial charge in [-0.05, 0) is 25.2 Å². The van der Waals surface area contributed by atoms with Gasteiger partial charge in [0.05, 0.1) is 0 Å². The number of rotatable bonds is 8. The van der Waals surface area contributed by atoms with Crippen LogP contribution in [0.15, 0.2) is 0 Å². The molecule has 0 radical (unpaired) electrons. The topological polar surface area (TPSA) is 0 Å². The van der Waals surface area contributed by atoms with Gasteiger partial charge in [-0.15, -0.1) is 0 Å². The zero-order chi connectivity index (χ0) is 16.0. The van der Waals surface area contributed by atoms with Crippen LogP contribution < -0.4 is 0 Å². The molecule has 0 aliphatic heterocycles. The van der Waals surface area contributed by atoms with Gasteiger partial charge in [0.1, 0.15) is 0 Å². The minimum atomic E-state index is -1.22. The normalized spacial score (nSPS) is 12.7. The Morgan fingerprint density at radius 2 is 1.33 bits per heavy atom. The van der Waals surface area contributed by atoms with Crippen LogP contribution in [-0.2, 0) is 6.42 Å². The molecule has 4 heteroatoms. The van der Waals surface area contributed by atoms with Crippen molar-refractivity contribution in [3.05, 3.63) is 34.4 Å². The Balaban J connectivity index is 3.08. The molecule has 21 heavy (non-hydrogen) atoms. The maximum absolute atomic E-state index is 14.1. The minimum Gasteiger partial charge on any atom is -0.203 e. The minimum absolute atomic E-state index is 0.0357. The van der Waals surface area contributed by atoms with Crippen LogP contribution in [0.1, 0.15) is 76.3 Å². The first-order chi connectivity index (χ1) is 9.95. The molecule has 0 saturated heterocycles. The number of unbranched alkanes of at least 4 members (excludes halogenated alkanes) is 3. The molecule has 0 N–H and O–H groups in total. The van der Waals surface area contributed by atoms with E-state index in [1.165, 1.54) is 0 Å². The third-order valence-electron chi connectivity index (χ3n) is 3.88. The average Bonchev–Trinajstić information content (AvgIpc) is 2.45. The first kappa shape index (κ1) is 18.0. The fourth-order valence-corrected chi connectivity index (χ4v) is 2.65. The van der Waals surface area contributed by atoms with Crippen molar-refractivity contribution >= 4 is 0 Å². The first-order valence-corrected chi connectivity index (χ1v) is 7.80. The van der Waals surface area contributed by atoms with E-state index >= 15 is 0 Å². The molecule has 0 aliphatic carbocycles. The molecular weight excluding hydrogens is 280 g/mol. The standard InChI is InChI=1S/C17H24F4/c1-4-6-7-8-10-12-14(18)16(20)13(11(3)9-5-2)17(21)15(12)19/h11H,4-10H2,1-3H3. The van der Waals surface area contributed by atoms with Crippen molar-refractivity contribution in [1.82, 2.24) is 0 Å². The fourth-order valence-electron chi connectivity index (χ4n) is 2.65. The Morgan fingerprint density at radius 1 is 0.762 bits per heavy atom. The maximum Gasteiger partial charge on any atom is 0.165 e. The highest BCUT2D eigenvalue weighted by Gasteiger charge is 2.27. The fraction of sp³-hybridized carbons (Fsp3) is 0.647. The summed E-state index contributed by atoms with van der Waals surface area (Å²) in [5.41, 5.74) is -0.905. The molecule has 0 saturated carbocycles. The van der Waals surface area contributed by atoms with Gasteiger partial charge in [0.25, 0.3) is 0 Å². The molecule has 0 heterocycles. The van der Waals surface area contributed by atoms with Gasteiger partial charge in [0.2, 0.25) is 0 Å². The van der Waals surface area contributed by atoms with Gasteiger partial charge >= 0.3 is 0 Å². The van der Waals surface area contributed by atoms with Gasteiger partial charge in [-0.25, -0.2) is 17.6 Å². The predicted octanol–water partition coefficient (Wildman–Crippen LogP) is 6.27. The van der Waals surface area contributed by atoms with E-state index < -0.39 is 40.3 Å². The van der Waals surface area contributed by atoms with E-state index in [-0.39, 0.29) is 6.42 Å². The predicted molar refractivity (Wildman–Crippen MR) is 77.4 cm³/mol. The molecule has 1 aromatic carbocycles.